The van der Waals surface area contributed by atoms with E-state index < -0.39 is 17.2 Å². The number of halogens is 2. The maximum Gasteiger partial charge on any atom is 0.314 e. The first-order chi connectivity index (χ1) is 7.08. The molecule has 1 aliphatic carbocycles. The van der Waals surface area contributed by atoms with Crippen molar-refractivity contribution >= 4 is 17.6 Å². The van der Waals surface area contributed by atoms with Gasteiger partial charge in [0.1, 0.15) is 5.82 Å². The van der Waals surface area contributed by atoms with Crippen molar-refractivity contribution in [3.8, 4) is 0 Å². The van der Waals surface area contributed by atoms with Gasteiger partial charge in [0.25, 0.3) is 0 Å². The van der Waals surface area contributed by atoms with Gasteiger partial charge in [0.05, 0.1) is 10.4 Å². The van der Waals surface area contributed by atoms with Crippen LogP contribution in [0.4, 0.5) is 4.39 Å². The predicted octanol–water partition coefficient (Wildman–Crippen LogP) is 2.99. The van der Waals surface area contributed by atoms with Crippen LogP contribution in [0.5, 0.6) is 0 Å². The Balaban J connectivity index is 2.53. The molecule has 1 aromatic rings. The summed E-state index contributed by atoms with van der Waals surface area (Å²) in [6.45, 7) is 0. The minimum absolute atomic E-state index is 0.0559. The highest BCUT2D eigenvalue weighted by molar-refractivity contribution is 6.32. The van der Waals surface area contributed by atoms with E-state index in [0.717, 1.165) is 6.42 Å². The van der Waals surface area contributed by atoms with Crippen molar-refractivity contribution in [2.24, 2.45) is 0 Å². The van der Waals surface area contributed by atoms with E-state index >= 15 is 0 Å². The fourth-order valence-electron chi connectivity index (χ4n) is 2.00. The van der Waals surface area contributed by atoms with Gasteiger partial charge in [-0.15, -0.1) is 0 Å². The Morgan fingerprint density at radius 2 is 2.13 bits per heavy atom. The molecular weight excluding hydrogens is 219 g/mol. The van der Waals surface area contributed by atoms with E-state index in [4.69, 9.17) is 11.6 Å². The largest absolute Gasteiger partial charge is 0.481 e. The zero-order chi connectivity index (χ0) is 11.1. The summed E-state index contributed by atoms with van der Waals surface area (Å²) in [4.78, 5) is 11.2. The molecule has 1 aromatic carbocycles. The van der Waals surface area contributed by atoms with Gasteiger partial charge < -0.3 is 5.11 Å². The van der Waals surface area contributed by atoms with Crippen LogP contribution in [0.25, 0.3) is 0 Å². The van der Waals surface area contributed by atoms with Crippen molar-refractivity contribution in [1.82, 2.24) is 0 Å². The molecule has 0 bridgehead atoms. The number of rotatable bonds is 2. The quantitative estimate of drug-likeness (QED) is 0.845. The molecule has 1 saturated carbocycles. The highest BCUT2D eigenvalue weighted by Crippen LogP contribution is 2.46. The maximum atomic E-state index is 13.2. The summed E-state index contributed by atoms with van der Waals surface area (Å²) in [5.74, 6) is -1.47. The van der Waals surface area contributed by atoms with Gasteiger partial charge >= 0.3 is 5.97 Å². The lowest BCUT2D eigenvalue weighted by atomic mass is 9.64. The van der Waals surface area contributed by atoms with Crippen molar-refractivity contribution in [2.45, 2.75) is 24.7 Å². The standard InChI is InChI=1S/C11H10ClFO2/c12-9-7(3-1-4-8(9)13)11(10(14)15)5-2-6-11/h1,3-4H,2,5-6H2,(H,14,15). The van der Waals surface area contributed by atoms with E-state index in [1.807, 2.05) is 0 Å². The summed E-state index contributed by atoms with van der Waals surface area (Å²) in [6.07, 6.45) is 1.91. The highest BCUT2D eigenvalue weighted by atomic mass is 35.5. The van der Waals surface area contributed by atoms with Crippen LogP contribution in [0.15, 0.2) is 18.2 Å². The topological polar surface area (TPSA) is 37.3 Å². The van der Waals surface area contributed by atoms with Gasteiger partial charge in [0.15, 0.2) is 0 Å². The Morgan fingerprint density at radius 1 is 1.47 bits per heavy atom. The summed E-state index contributed by atoms with van der Waals surface area (Å²) in [6, 6.07) is 4.33. The van der Waals surface area contributed by atoms with E-state index in [0.29, 0.717) is 18.4 Å². The fourth-order valence-corrected chi connectivity index (χ4v) is 2.31. The molecule has 1 aliphatic rings. The number of carboxylic acid groups (broad SMARTS) is 1. The molecule has 1 fully saturated rings. The molecule has 2 nitrogen and oxygen atoms in total. The SMILES string of the molecule is O=C(O)C1(c2cccc(F)c2Cl)CCC1. The lowest BCUT2D eigenvalue weighted by molar-refractivity contribution is -0.147. The van der Waals surface area contributed by atoms with Crippen molar-refractivity contribution in [1.29, 1.82) is 0 Å². The summed E-state index contributed by atoms with van der Waals surface area (Å²) in [7, 11) is 0. The van der Waals surface area contributed by atoms with E-state index in [2.05, 4.69) is 0 Å². The van der Waals surface area contributed by atoms with Gasteiger partial charge in [-0.3, -0.25) is 4.79 Å². The maximum absolute atomic E-state index is 13.2. The molecule has 1 N–H and O–H groups in total. The number of hydrogen-bond acceptors (Lipinski definition) is 1. The fraction of sp³-hybridized carbons (Fsp3) is 0.364. The van der Waals surface area contributed by atoms with Crippen LogP contribution in [0.3, 0.4) is 0 Å². The molecular formula is C11H10ClFO2. The molecule has 0 unspecified atom stereocenters. The molecule has 0 aliphatic heterocycles. The average molecular weight is 229 g/mol. The van der Waals surface area contributed by atoms with Gasteiger partial charge in [-0.1, -0.05) is 30.2 Å². The molecule has 0 aromatic heterocycles. The first-order valence-corrected chi connectivity index (χ1v) is 5.13. The minimum atomic E-state index is -0.959. The normalized spacial score (nSPS) is 18.3. The van der Waals surface area contributed by atoms with Gasteiger partial charge in [-0.25, -0.2) is 4.39 Å². The Morgan fingerprint density at radius 3 is 2.60 bits per heavy atom. The molecule has 0 atom stereocenters. The minimum Gasteiger partial charge on any atom is -0.481 e. The molecule has 80 valence electrons. The molecule has 0 radical (unpaired) electrons. The van der Waals surface area contributed by atoms with Gasteiger partial charge in [0.2, 0.25) is 0 Å². The summed E-state index contributed by atoms with van der Waals surface area (Å²) >= 11 is 5.80. The van der Waals surface area contributed by atoms with Crippen molar-refractivity contribution in [2.75, 3.05) is 0 Å². The number of carbonyl (C=O) groups is 1. The highest BCUT2D eigenvalue weighted by Gasteiger charge is 2.47. The Labute approximate surface area is 91.7 Å². The number of benzene rings is 1. The molecule has 0 amide bonds. The second kappa shape index (κ2) is 3.49. The monoisotopic (exact) mass is 228 g/mol. The van der Waals surface area contributed by atoms with Gasteiger partial charge in [-0.05, 0) is 24.5 Å². The molecule has 0 saturated heterocycles. The summed E-state index contributed by atoms with van der Waals surface area (Å²) in [5.41, 5.74) is -0.554. The number of carboxylic acids is 1. The third-order valence-electron chi connectivity index (χ3n) is 3.08. The van der Waals surface area contributed by atoms with Crippen LogP contribution in [0.2, 0.25) is 5.02 Å². The van der Waals surface area contributed by atoms with Crippen LogP contribution in [0.1, 0.15) is 24.8 Å². The zero-order valence-corrected chi connectivity index (χ0v) is 8.72. The second-order valence-electron chi connectivity index (χ2n) is 3.84. The summed E-state index contributed by atoms with van der Waals surface area (Å²) < 4.78 is 13.2. The zero-order valence-electron chi connectivity index (χ0n) is 7.96. The third kappa shape index (κ3) is 1.42. The van der Waals surface area contributed by atoms with E-state index in [-0.39, 0.29) is 5.02 Å². The molecule has 0 spiro atoms. The van der Waals surface area contributed by atoms with Crippen LogP contribution in [0, 0.1) is 5.82 Å². The van der Waals surface area contributed by atoms with Crippen molar-refractivity contribution < 1.29 is 14.3 Å². The third-order valence-corrected chi connectivity index (χ3v) is 3.47. The summed E-state index contributed by atoms with van der Waals surface area (Å²) in [5, 5.41) is 9.12. The van der Waals surface area contributed by atoms with E-state index in [1.165, 1.54) is 12.1 Å². The predicted molar refractivity (Wildman–Crippen MR) is 54.6 cm³/mol. The molecule has 0 heterocycles. The van der Waals surface area contributed by atoms with E-state index in [9.17, 15) is 14.3 Å². The smallest absolute Gasteiger partial charge is 0.314 e. The van der Waals surface area contributed by atoms with Gasteiger partial charge in [-0.2, -0.15) is 0 Å². The molecule has 15 heavy (non-hydrogen) atoms. The van der Waals surface area contributed by atoms with Gasteiger partial charge in [0, 0.05) is 0 Å². The second-order valence-corrected chi connectivity index (χ2v) is 4.22. The van der Waals surface area contributed by atoms with Crippen LogP contribution in [-0.2, 0) is 10.2 Å². The number of hydrogen-bond donors (Lipinski definition) is 1. The Bertz CT molecular complexity index is 413. The number of aliphatic carboxylic acids is 1. The Hall–Kier alpha value is -1.09. The Kier molecular flexibility index (Phi) is 2.43. The van der Waals surface area contributed by atoms with Crippen LogP contribution in [-0.4, -0.2) is 11.1 Å². The first kappa shape index (κ1) is 10.4. The molecule has 4 heteroatoms. The van der Waals surface area contributed by atoms with E-state index in [1.54, 1.807) is 6.07 Å². The van der Waals surface area contributed by atoms with Crippen LogP contribution >= 0.6 is 11.6 Å². The van der Waals surface area contributed by atoms with Crippen molar-refractivity contribution in [3.63, 3.8) is 0 Å². The molecule has 2 rings (SSSR count). The van der Waals surface area contributed by atoms with Crippen LogP contribution < -0.4 is 0 Å². The lowest BCUT2D eigenvalue weighted by Gasteiger charge is -2.38. The first-order valence-electron chi connectivity index (χ1n) is 4.76. The van der Waals surface area contributed by atoms with Crippen molar-refractivity contribution in [3.05, 3.63) is 34.6 Å². The lowest BCUT2D eigenvalue weighted by Crippen LogP contribution is -2.42. The average Bonchev–Trinajstić information content (AvgIpc) is 2.09.